The van der Waals surface area contributed by atoms with E-state index < -0.39 is 6.04 Å². The van der Waals surface area contributed by atoms with Crippen molar-refractivity contribution in [3.8, 4) is 0 Å². The van der Waals surface area contributed by atoms with E-state index in [9.17, 15) is 14.0 Å². The van der Waals surface area contributed by atoms with Crippen LogP contribution >= 0.6 is 0 Å². The van der Waals surface area contributed by atoms with E-state index in [4.69, 9.17) is 0 Å². The first kappa shape index (κ1) is 16.5. The lowest BCUT2D eigenvalue weighted by Gasteiger charge is -2.40. The van der Waals surface area contributed by atoms with Gasteiger partial charge in [-0.2, -0.15) is 0 Å². The fraction of sp³-hybridized carbons (Fsp3) is 0.529. The number of halogens is 1. The standard InChI is InChI=1S/C17H23FN2O2/c1-12-16(22)20(14-7-5-6-13(18)10-14)9-8-19(12)15(21)11-17(2,3)4/h5-7,10,12H,8-9,11H2,1-4H3/t12-/m0/s1. The summed E-state index contributed by atoms with van der Waals surface area (Å²) in [5, 5.41) is 0. The number of nitrogens with zero attached hydrogens (tertiary/aromatic N) is 2. The molecule has 5 heteroatoms. The monoisotopic (exact) mass is 306 g/mol. The molecule has 1 atom stereocenters. The van der Waals surface area contributed by atoms with E-state index in [1.807, 2.05) is 20.8 Å². The Kier molecular flexibility index (Phi) is 4.54. The molecule has 1 aliphatic rings. The second-order valence-electron chi connectivity index (χ2n) is 6.97. The molecule has 2 rings (SSSR count). The van der Waals surface area contributed by atoms with Gasteiger partial charge in [0.25, 0.3) is 0 Å². The first-order chi connectivity index (χ1) is 10.2. The molecular weight excluding hydrogens is 283 g/mol. The van der Waals surface area contributed by atoms with E-state index in [-0.39, 0.29) is 23.0 Å². The predicted octanol–water partition coefficient (Wildman–Crippen LogP) is 2.83. The van der Waals surface area contributed by atoms with Crippen molar-refractivity contribution >= 4 is 17.5 Å². The van der Waals surface area contributed by atoms with Gasteiger partial charge in [0.1, 0.15) is 11.9 Å². The molecule has 1 aromatic rings. The summed E-state index contributed by atoms with van der Waals surface area (Å²) in [5.74, 6) is -0.546. The van der Waals surface area contributed by atoms with Gasteiger partial charge in [-0.25, -0.2) is 4.39 Å². The number of benzene rings is 1. The van der Waals surface area contributed by atoms with E-state index in [2.05, 4.69) is 0 Å². The van der Waals surface area contributed by atoms with Gasteiger partial charge in [0.15, 0.2) is 0 Å². The van der Waals surface area contributed by atoms with Crippen molar-refractivity contribution in [1.82, 2.24) is 4.90 Å². The molecule has 0 N–H and O–H groups in total. The van der Waals surface area contributed by atoms with Crippen LogP contribution < -0.4 is 4.90 Å². The van der Waals surface area contributed by atoms with E-state index in [1.165, 1.54) is 12.1 Å². The van der Waals surface area contributed by atoms with Gasteiger partial charge >= 0.3 is 0 Å². The van der Waals surface area contributed by atoms with Crippen LogP contribution in [0.5, 0.6) is 0 Å². The Morgan fingerprint density at radius 1 is 1.32 bits per heavy atom. The van der Waals surface area contributed by atoms with Gasteiger partial charge in [-0.1, -0.05) is 26.8 Å². The average molecular weight is 306 g/mol. The molecule has 1 aliphatic heterocycles. The third-order valence-corrected chi connectivity index (χ3v) is 3.78. The quantitative estimate of drug-likeness (QED) is 0.843. The number of carbonyl (C=O) groups excluding carboxylic acids is 2. The summed E-state index contributed by atoms with van der Waals surface area (Å²) in [6, 6.07) is 5.46. The van der Waals surface area contributed by atoms with Crippen LogP contribution in [0.25, 0.3) is 0 Å². The maximum atomic E-state index is 13.3. The third-order valence-electron chi connectivity index (χ3n) is 3.78. The average Bonchev–Trinajstić information content (AvgIpc) is 2.39. The van der Waals surface area contributed by atoms with Crippen molar-refractivity contribution in [3.63, 3.8) is 0 Å². The molecule has 4 nitrogen and oxygen atoms in total. The zero-order valence-corrected chi connectivity index (χ0v) is 13.6. The molecule has 120 valence electrons. The van der Waals surface area contributed by atoms with Crippen LogP contribution in [-0.2, 0) is 9.59 Å². The van der Waals surface area contributed by atoms with E-state index in [1.54, 1.807) is 28.9 Å². The smallest absolute Gasteiger partial charge is 0.249 e. The van der Waals surface area contributed by atoms with Crippen LogP contribution in [-0.4, -0.2) is 35.8 Å². The largest absolute Gasteiger partial charge is 0.329 e. The van der Waals surface area contributed by atoms with Crippen molar-refractivity contribution < 1.29 is 14.0 Å². The van der Waals surface area contributed by atoms with Gasteiger partial charge in [0.05, 0.1) is 0 Å². The van der Waals surface area contributed by atoms with Gasteiger partial charge < -0.3 is 9.80 Å². The molecular formula is C17H23FN2O2. The highest BCUT2D eigenvalue weighted by Gasteiger charge is 2.35. The normalized spacial score (nSPS) is 19.5. The van der Waals surface area contributed by atoms with Crippen LogP contribution in [0.4, 0.5) is 10.1 Å². The molecule has 0 radical (unpaired) electrons. The Bertz CT molecular complexity index is 580. The lowest BCUT2D eigenvalue weighted by molar-refractivity contribution is -0.142. The third kappa shape index (κ3) is 3.64. The highest BCUT2D eigenvalue weighted by molar-refractivity contribution is 6.00. The van der Waals surface area contributed by atoms with Crippen molar-refractivity contribution in [1.29, 1.82) is 0 Å². The van der Waals surface area contributed by atoms with Gasteiger partial charge in [-0.15, -0.1) is 0 Å². The second kappa shape index (κ2) is 6.07. The maximum absolute atomic E-state index is 13.3. The molecule has 2 amide bonds. The number of piperazine rings is 1. The van der Waals surface area contributed by atoms with Crippen LogP contribution in [0.3, 0.4) is 0 Å². The van der Waals surface area contributed by atoms with Gasteiger partial charge in [-0.05, 0) is 30.5 Å². The van der Waals surface area contributed by atoms with Crippen molar-refractivity contribution in [2.75, 3.05) is 18.0 Å². The maximum Gasteiger partial charge on any atom is 0.249 e. The Labute approximate surface area is 130 Å². The van der Waals surface area contributed by atoms with Crippen LogP contribution in [0.1, 0.15) is 34.1 Å². The van der Waals surface area contributed by atoms with Crippen LogP contribution in [0, 0.1) is 11.2 Å². The highest BCUT2D eigenvalue weighted by Crippen LogP contribution is 2.25. The van der Waals surface area contributed by atoms with Crippen molar-refractivity contribution in [3.05, 3.63) is 30.1 Å². The summed E-state index contributed by atoms with van der Waals surface area (Å²) in [6.07, 6.45) is 0.407. The lowest BCUT2D eigenvalue weighted by Crippen LogP contribution is -2.58. The van der Waals surface area contributed by atoms with Crippen LogP contribution in [0.15, 0.2) is 24.3 Å². The molecule has 0 saturated carbocycles. The molecule has 0 bridgehead atoms. The predicted molar refractivity (Wildman–Crippen MR) is 84.0 cm³/mol. The molecule has 0 spiro atoms. The lowest BCUT2D eigenvalue weighted by atomic mass is 9.91. The van der Waals surface area contributed by atoms with Gasteiger partial charge in [0, 0.05) is 25.2 Å². The summed E-state index contributed by atoms with van der Waals surface area (Å²) in [6.45, 7) is 8.59. The van der Waals surface area contributed by atoms with Crippen molar-refractivity contribution in [2.24, 2.45) is 5.41 Å². The number of hydrogen-bond acceptors (Lipinski definition) is 2. The van der Waals surface area contributed by atoms with E-state index in [0.717, 1.165) is 0 Å². The van der Waals surface area contributed by atoms with Crippen molar-refractivity contribution in [2.45, 2.75) is 40.2 Å². The fourth-order valence-corrected chi connectivity index (χ4v) is 2.67. The number of hydrogen-bond donors (Lipinski definition) is 0. The van der Waals surface area contributed by atoms with Crippen LogP contribution in [0.2, 0.25) is 0 Å². The molecule has 0 aromatic heterocycles. The highest BCUT2D eigenvalue weighted by atomic mass is 19.1. The second-order valence-corrected chi connectivity index (χ2v) is 6.97. The first-order valence-corrected chi connectivity index (χ1v) is 7.55. The molecule has 1 aromatic carbocycles. The number of carbonyl (C=O) groups is 2. The molecule has 1 fully saturated rings. The molecule has 0 unspecified atom stereocenters. The fourth-order valence-electron chi connectivity index (χ4n) is 2.67. The van der Waals surface area contributed by atoms with Gasteiger partial charge in [-0.3, -0.25) is 9.59 Å². The minimum absolute atomic E-state index is 0.00718. The summed E-state index contributed by atoms with van der Waals surface area (Å²) in [4.78, 5) is 28.1. The Hall–Kier alpha value is -1.91. The molecule has 0 aliphatic carbocycles. The topological polar surface area (TPSA) is 40.6 Å². The van der Waals surface area contributed by atoms with E-state index in [0.29, 0.717) is 25.2 Å². The Balaban J connectivity index is 2.13. The summed E-state index contributed by atoms with van der Waals surface area (Å²) >= 11 is 0. The minimum Gasteiger partial charge on any atom is -0.329 e. The number of amides is 2. The first-order valence-electron chi connectivity index (χ1n) is 7.55. The van der Waals surface area contributed by atoms with E-state index >= 15 is 0 Å². The zero-order chi connectivity index (χ0) is 16.5. The molecule has 1 saturated heterocycles. The summed E-state index contributed by atoms with van der Waals surface area (Å²) < 4.78 is 13.3. The number of rotatable bonds is 2. The molecule has 22 heavy (non-hydrogen) atoms. The number of anilines is 1. The summed E-state index contributed by atoms with van der Waals surface area (Å²) in [5.41, 5.74) is 0.430. The molecule has 1 heterocycles. The Morgan fingerprint density at radius 3 is 2.59 bits per heavy atom. The minimum atomic E-state index is -0.521. The Morgan fingerprint density at radius 2 is 2.00 bits per heavy atom. The summed E-state index contributed by atoms with van der Waals surface area (Å²) in [7, 11) is 0. The SMILES string of the molecule is C[C@H]1C(=O)N(c2cccc(F)c2)CCN1C(=O)CC(C)(C)C. The zero-order valence-electron chi connectivity index (χ0n) is 13.6. The van der Waals surface area contributed by atoms with Gasteiger partial charge in [0.2, 0.25) is 11.8 Å².